The molecule has 1 atom stereocenters. The van der Waals surface area contributed by atoms with Gasteiger partial charge >= 0.3 is 0 Å². The van der Waals surface area contributed by atoms with Gasteiger partial charge in [-0.2, -0.15) is 0 Å². The van der Waals surface area contributed by atoms with E-state index in [1.54, 1.807) is 35.3 Å². The van der Waals surface area contributed by atoms with Gasteiger partial charge in [0.2, 0.25) is 5.91 Å². The third kappa shape index (κ3) is 4.72. The Labute approximate surface area is 175 Å². The molecule has 2 aromatic carbocycles. The van der Waals surface area contributed by atoms with E-state index in [1.807, 2.05) is 35.7 Å². The standard InChI is InChI=1S/C21H17FN4OS2/c22-16-7-4-8-17(13-16)26-11-9-24-21(26)29-14-18(27)25-19(20-23-10-12-28-20)15-5-2-1-3-6-15/h1-13,19H,14H2,(H,25,27). The van der Waals surface area contributed by atoms with E-state index in [4.69, 9.17) is 0 Å². The zero-order chi connectivity index (χ0) is 20.1. The van der Waals surface area contributed by atoms with Crippen LogP contribution in [0.4, 0.5) is 4.39 Å². The summed E-state index contributed by atoms with van der Waals surface area (Å²) in [5.41, 5.74) is 1.64. The van der Waals surface area contributed by atoms with E-state index in [9.17, 15) is 9.18 Å². The van der Waals surface area contributed by atoms with E-state index in [0.717, 1.165) is 10.6 Å². The lowest BCUT2D eigenvalue weighted by molar-refractivity contribution is -0.119. The normalized spacial score (nSPS) is 11.9. The molecule has 1 unspecified atom stereocenters. The van der Waals surface area contributed by atoms with Crippen molar-refractivity contribution in [1.82, 2.24) is 19.9 Å². The van der Waals surface area contributed by atoms with Crippen LogP contribution in [0.2, 0.25) is 0 Å². The van der Waals surface area contributed by atoms with E-state index in [-0.39, 0.29) is 23.5 Å². The van der Waals surface area contributed by atoms with Crippen molar-refractivity contribution in [2.45, 2.75) is 11.2 Å². The van der Waals surface area contributed by atoms with E-state index in [1.165, 1.54) is 35.2 Å². The molecule has 1 N–H and O–H groups in total. The van der Waals surface area contributed by atoms with Crippen molar-refractivity contribution in [2.75, 3.05) is 5.75 Å². The van der Waals surface area contributed by atoms with Crippen LogP contribution in [0.5, 0.6) is 0 Å². The molecule has 146 valence electrons. The summed E-state index contributed by atoms with van der Waals surface area (Å²) in [5.74, 6) is -0.270. The van der Waals surface area contributed by atoms with Crippen molar-refractivity contribution in [2.24, 2.45) is 0 Å². The Balaban J connectivity index is 1.46. The average Bonchev–Trinajstić information content (AvgIpc) is 3.43. The second kappa shape index (κ2) is 9.02. The topological polar surface area (TPSA) is 59.8 Å². The van der Waals surface area contributed by atoms with Gasteiger partial charge < -0.3 is 5.32 Å². The van der Waals surface area contributed by atoms with Gasteiger partial charge in [-0.25, -0.2) is 14.4 Å². The number of nitrogens with zero attached hydrogens (tertiary/aromatic N) is 3. The monoisotopic (exact) mass is 424 g/mol. The van der Waals surface area contributed by atoms with Gasteiger partial charge in [-0.05, 0) is 23.8 Å². The minimum absolute atomic E-state index is 0.132. The van der Waals surface area contributed by atoms with E-state index < -0.39 is 0 Å². The number of thiazole rings is 1. The van der Waals surface area contributed by atoms with Gasteiger partial charge in [0.1, 0.15) is 16.9 Å². The van der Waals surface area contributed by atoms with E-state index >= 15 is 0 Å². The molecule has 0 spiro atoms. The lowest BCUT2D eigenvalue weighted by Crippen LogP contribution is -2.30. The first-order valence-electron chi connectivity index (χ1n) is 8.86. The Morgan fingerprint density at radius 3 is 2.76 bits per heavy atom. The van der Waals surface area contributed by atoms with Crippen molar-refractivity contribution < 1.29 is 9.18 Å². The zero-order valence-corrected chi connectivity index (χ0v) is 16.9. The first-order chi connectivity index (χ1) is 14.2. The number of aromatic nitrogens is 3. The summed E-state index contributed by atoms with van der Waals surface area (Å²) < 4.78 is 15.3. The molecular formula is C21H17FN4OS2. The first-order valence-corrected chi connectivity index (χ1v) is 10.7. The number of hydrogen-bond acceptors (Lipinski definition) is 5. The Morgan fingerprint density at radius 1 is 1.14 bits per heavy atom. The minimum Gasteiger partial charge on any atom is -0.342 e. The summed E-state index contributed by atoms with van der Waals surface area (Å²) >= 11 is 2.80. The summed E-state index contributed by atoms with van der Waals surface area (Å²) in [7, 11) is 0. The molecule has 0 aliphatic carbocycles. The third-order valence-corrected chi connectivity index (χ3v) is 5.97. The number of rotatable bonds is 7. The summed E-state index contributed by atoms with van der Waals surface area (Å²) in [6, 6.07) is 15.7. The second-order valence-electron chi connectivity index (χ2n) is 6.13. The number of carbonyl (C=O) groups excluding carboxylic acids is 1. The second-order valence-corrected chi connectivity index (χ2v) is 8.00. The third-order valence-electron chi connectivity index (χ3n) is 4.16. The molecule has 2 heterocycles. The number of amides is 1. The quantitative estimate of drug-likeness (QED) is 0.445. The highest BCUT2D eigenvalue weighted by Crippen LogP contribution is 2.25. The highest BCUT2D eigenvalue weighted by Gasteiger charge is 2.19. The summed E-state index contributed by atoms with van der Waals surface area (Å²) in [6.45, 7) is 0. The van der Waals surface area contributed by atoms with Crippen LogP contribution in [-0.4, -0.2) is 26.2 Å². The first kappa shape index (κ1) is 19.4. The predicted molar refractivity (Wildman–Crippen MR) is 113 cm³/mol. The number of halogens is 1. The Hall–Kier alpha value is -2.97. The van der Waals surface area contributed by atoms with Gasteiger partial charge in [-0.3, -0.25) is 9.36 Å². The van der Waals surface area contributed by atoms with E-state index in [0.29, 0.717) is 10.8 Å². The van der Waals surface area contributed by atoms with Crippen LogP contribution >= 0.6 is 23.1 Å². The average molecular weight is 425 g/mol. The molecule has 1 amide bonds. The Morgan fingerprint density at radius 2 is 2.00 bits per heavy atom. The number of nitrogens with one attached hydrogen (secondary N) is 1. The predicted octanol–water partition coefficient (Wildman–Crippen LogP) is 4.47. The minimum atomic E-state index is -0.320. The van der Waals surface area contributed by atoms with Crippen molar-refractivity contribution in [1.29, 1.82) is 0 Å². The van der Waals surface area contributed by atoms with Gasteiger partial charge in [0.25, 0.3) is 0 Å². The maximum absolute atomic E-state index is 13.5. The van der Waals surface area contributed by atoms with Crippen LogP contribution in [0.25, 0.3) is 5.69 Å². The molecule has 0 saturated heterocycles. The van der Waals surface area contributed by atoms with Crippen LogP contribution in [0, 0.1) is 5.82 Å². The van der Waals surface area contributed by atoms with Crippen LogP contribution in [0.1, 0.15) is 16.6 Å². The van der Waals surface area contributed by atoms with Gasteiger partial charge in [-0.1, -0.05) is 48.2 Å². The van der Waals surface area contributed by atoms with Gasteiger partial charge in [0.15, 0.2) is 5.16 Å². The van der Waals surface area contributed by atoms with Crippen LogP contribution in [-0.2, 0) is 4.79 Å². The molecule has 4 aromatic rings. The zero-order valence-electron chi connectivity index (χ0n) is 15.2. The lowest BCUT2D eigenvalue weighted by Gasteiger charge is -2.17. The van der Waals surface area contributed by atoms with E-state index in [2.05, 4.69) is 15.3 Å². The van der Waals surface area contributed by atoms with Crippen LogP contribution in [0.3, 0.4) is 0 Å². The van der Waals surface area contributed by atoms with Crippen molar-refractivity contribution in [3.63, 3.8) is 0 Å². The molecule has 4 rings (SSSR count). The number of thioether (sulfide) groups is 1. The van der Waals surface area contributed by atoms with Crippen molar-refractivity contribution in [3.05, 3.63) is 95.0 Å². The molecule has 2 aromatic heterocycles. The Bertz CT molecular complexity index is 1080. The molecule has 0 saturated carbocycles. The highest BCUT2D eigenvalue weighted by molar-refractivity contribution is 7.99. The molecule has 29 heavy (non-hydrogen) atoms. The number of imidazole rings is 1. The summed E-state index contributed by atoms with van der Waals surface area (Å²) in [5, 5.41) is 6.40. The molecule has 0 bridgehead atoms. The molecule has 0 radical (unpaired) electrons. The largest absolute Gasteiger partial charge is 0.342 e. The van der Waals surface area contributed by atoms with Crippen molar-refractivity contribution >= 4 is 29.0 Å². The van der Waals surface area contributed by atoms with Crippen LogP contribution in [0.15, 0.2) is 83.7 Å². The fraction of sp³-hybridized carbons (Fsp3) is 0.0952. The molecule has 0 aliphatic rings. The highest BCUT2D eigenvalue weighted by atomic mass is 32.2. The van der Waals surface area contributed by atoms with Crippen molar-refractivity contribution in [3.8, 4) is 5.69 Å². The van der Waals surface area contributed by atoms with Crippen LogP contribution < -0.4 is 5.32 Å². The van der Waals surface area contributed by atoms with Gasteiger partial charge in [0, 0.05) is 24.0 Å². The Kier molecular flexibility index (Phi) is 6.02. The van der Waals surface area contributed by atoms with Gasteiger partial charge in [0.05, 0.1) is 11.4 Å². The molecule has 0 aliphatic heterocycles. The summed E-state index contributed by atoms with van der Waals surface area (Å²) in [4.78, 5) is 21.3. The SMILES string of the molecule is O=C(CSc1nccn1-c1cccc(F)c1)NC(c1ccccc1)c1nccs1. The fourth-order valence-corrected chi connectivity index (χ4v) is 4.36. The number of benzene rings is 2. The number of hydrogen-bond donors (Lipinski definition) is 1. The maximum Gasteiger partial charge on any atom is 0.231 e. The van der Waals surface area contributed by atoms with Gasteiger partial charge in [-0.15, -0.1) is 11.3 Å². The number of carbonyl (C=O) groups is 1. The smallest absolute Gasteiger partial charge is 0.231 e. The summed E-state index contributed by atoms with van der Waals surface area (Å²) in [6.07, 6.45) is 5.11. The molecular weight excluding hydrogens is 407 g/mol. The molecule has 8 heteroatoms. The maximum atomic E-state index is 13.5. The molecule has 5 nitrogen and oxygen atoms in total. The fourth-order valence-electron chi connectivity index (χ4n) is 2.86. The molecule has 0 fully saturated rings. The lowest BCUT2D eigenvalue weighted by atomic mass is 10.1.